The quantitative estimate of drug-likeness (QED) is 0.702. The van der Waals surface area contributed by atoms with Gasteiger partial charge in [0.1, 0.15) is 16.5 Å². The molecule has 4 atom stereocenters. The topological polar surface area (TPSA) is 68.7 Å². The highest BCUT2D eigenvalue weighted by Crippen LogP contribution is 2.54. The molecule has 2 aromatic rings. The Morgan fingerprint density at radius 2 is 1.97 bits per heavy atom. The van der Waals surface area contributed by atoms with Crippen LogP contribution in [-0.2, 0) is 16.0 Å². The molecule has 0 spiro atoms. The number of nitrogens with zero attached hydrogens (tertiary/aromatic N) is 1. The summed E-state index contributed by atoms with van der Waals surface area (Å²) in [6.45, 7) is 2.02. The number of ketones is 1. The van der Waals surface area contributed by atoms with Gasteiger partial charge in [0.25, 0.3) is 0 Å². The van der Waals surface area contributed by atoms with Crippen molar-refractivity contribution in [1.82, 2.24) is 4.98 Å². The number of rotatable bonds is 4. The lowest BCUT2D eigenvalue weighted by atomic mass is 9.80. The van der Waals surface area contributed by atoms with Crippen LogP contribution in [0.15, 0.2) is 36.2 Å². The van der Waals surface area contributed by atoms with E-state index in [9.17, 15) is 9.90 Å². The number of hydrogen-bond donors (Lipinski definition) is 1. The van der Waals surface area contributed by atoms with Crippen LogP contribution in [0.5, 0.6) is 11.6 Å². The molecule has 1 aromatic heterocycles. The van der Waals surface area contributed by atoms with Gasteiger partial charge < -0.3 is 14.6 Å². The molecule has 5 nitrogen and oxygen atoms in total. The highest BCUT2D eigenvalue weighted by Gasteiger charge is 2.59. The maximum atomic E-state index is 13.2. The smallest absolute Gasteiger partial charge is 0.238 e. The van der Waals surface area contributed by atoms with E-state index in [2.05, 4.69) is 4.98 Å². The number of pyridine rings is 1. The Morgan fingerprint density at radius 3 is 2.66 bits per heavy atom. The lowest BCUT2D eigenvalue weighted by Gasteiger charge is -2.19. The average molecular weight is 432 g/mol. The highest BCUT2D eigenvalue weighted by molar-refractivity contribution is 6.35. The normalized spacial score (nSPS) is 27.6. The lowest BCUT2D eigenvalue weighted by Crippen LogP contribution is -2.29. The van der Waals surface area contributed by atoms with Crippen LogP contribution in [0.3, 0.4) is 0 Å². The van der Waals surface area contributed by atoms with E-state index in [-0.39, 0.29) is 41.5 Å². The highest BCUT2D eigenvalue weighted by atomic mass is 35.5. The van der Waals surface area contributed by atoms with E-state index in [1.165, 1.54) is 6.20 Å². The summed E-state index contributed by atoms with van der Waals surface area (Å²) < 4.78 is 11.7. The minimum absolute atomic E-state index is 0.0331. The predicted molar refractivity (Wildman–Crippen MR) is 110 cm³/mol. The van der Waals surface area contributed by atoms with E-state index in [0.717, 1.165) is 24.8 Å². The maximum Gasteiger partial charge on any atom is 0.238 e. The van der Waals surface area contributed by atoms with Crippen molar-refractivity contribution < 1.29 is 19.4 Å². The minimum atomic E-state index is -0.273. The minimum Gasteiger partial charge on any atom is -0.511 e. The van der Waals surface area contributed by atoms with Crippen LogP contribution in [0.25, 0.3) is 5.57 Å². The second-order valence-corrected chi connectivity index (χ2v) is 8.53. The molecule has 3 aliphatic rings. The number of benzene rings is 1. The van der Waals surface area contributed by atoms with Crippen molar-refractivity contribution in [2.24, 2.45) is 11.8 Å². The van der Waals surface area contributed by atoms with Gasteiger partial charge >= 0.3 is 0 Å². The molecule has 150 valence electrons. The van der Waals surface area contributed by atoms with Crippen molar-refractivity contribution in [2.45, 2.75) is 38.4 Å². The molecule has 2 saturated heterocycles. The van der Waals surface area contributed by atoms with E-state index in [4.69, 9.17) is 32.7 Å². The zero-order valence-electron chi connectivity index (χ0n) is 15.7. The summed E-state index contributed by atoms with van der Waals surface area (Å²) in [5, 5.41) is 11.7. The van der Waals surface area contributed by atoms with Crippen LogP contribution < -0.4 is 4.74 Å². The van der Waals surface area contributed by atoms with Crippen LogP contribution in [0.1, 0.15) is 30.9 Å². The molecule has 5 rings (SSSR count). The van der Waals surface area contributed by atoms with E-state index in [1.807, 2.05) is 13.0 Å². The van der Waals surface area contributed by atoms with Crippen LogP contribution in [0.4, 0.5) is 0 Å². The molecule has 2 aliphatic heterocycles. The zero-order valence-corrected chi connectivity index (χ0v) is 17.2. The van der Waals surface area contributed by atoms with E-state index < -0.39 is 0 Å². The summed E-state index contributed by atoms with van der Waals surface area (Å²) in [4.78, 5) is 17.3. The number of hydrogen-bond acceptors (Lipinski definition) is 5. The second kappa shape index (κ2) is 7.01. The molecule has 1 N–H and O–H groups in total. The van der Waals surface area contributed by atoms with Crippen molar-refractivity contribution >= 4 is 34.6 Å². The second-order valence-electron chi connectivity index (χ2n) is 7.68. The van der Waals surface area contributed by atoms with Gasteiger partial charge in [0.15, 0.2) is 5.78 Å². The predicted octanol–water partition coefficient (Wildman–Crippen LogP) is 5.39. The molecular weight excluding hydrogens is 413 g/mol. The zero-order chi connectivity index (χ0) is 20.3. The molecule has 0 radical (unpaired) electrons. The molecule has 0 amide bonds. The van der Waals surface area contributed by atoms with Gasteiger partial charge in [0.2, 0.25) is 5.88 Å². The number of aryl methyl sites for hydroxylation is 1. The molecule has 3 heterocycles. The number of carbonyl (C=O) groups excluding carboxylic acids is 1. The van der Waals surface area contributed by atoms with Crippen LogP contribution in [-0.4, -0.2) is 28.1 Å². The number of allylic oxidation sites excluding steroid dienone is 1. The van der Waals surface area contributed by atoms with E-state index in [1.54, 1.807) is 18.2 Å². The summed E-state index contributed by atoms with van der Waals surface area (Å²) in [7, 11) is 0. The standard InChI is InChI=1S/C22H19Cl2NO4/c1-2-10-3-4-12(28-22-14(24)7-11(23)9-25-22)8-13(10)17-20(26)18-15-5-6-16(29-15)19(18)21(17)27/h3-4,7-9,15-16,18-19,26H,2,5-6H2,1H3/t15-,16+,18-,19+/m0/s1. The van der Waals surface area contributed by atoms with Gasteiger partial charge in [-0.15, -0.1) is 0 Å². The summed E-state index contributed by atoms with van der Waals surface area (Å²) in [6.07, 6.45) is 3.80. The van der Waals surface area contributed by atoms with Gasteiger partial charge in [-0.2, -0.15) is 0 Å². The van der Waals surface area contributed by atoms with Crippen LogP contribution in [0.2, 0.25) is 10.0 Å². The van der Waals surface area contributed by atoms with Crippen LogP contribution in [0, 0.1) is 11.8 Å². The van der Waals surface area contributed by atoms with Crippen molar-refractivity contribution in [3.63, 3.8) is 0 Å². The molecule has 2 bridgehead atoms. The molecule has 0 saturated carbocycles. The molecule has 1 aliphatic carbocycles. The number of fused-ring (bicyclic) bond motifs is 5. The number of halogens is 2. The number of carbonyl (C=O) groups is 1. The summed E-state index contributed by atoms with van der Waals surface area (Å²) in [6, 6.07) is 7.04. The third-order valence-corrected chi connectivity index (χ3v) is 6.59. The van der Waals surface area contributed by atoms with Gasteiger partial charge in [0.05, 0.1) is 34.6 Å². The fourth-order valence-corrected chi connectivity index (χ4v) is 5.26. The van der Waals surface area contributed by atoms with Gasteiger partial charge in [-0.05, 0) is 48.6 Å². The Labute approximate surface area is 178 Å². The summed E-state index contributed by atoms with van der Waals surface area (Å²) in [5.41, 5.74) is 2.07. The Balaban J connectivity index is 1.54. The first-order chi connectivity index (χ1) is 14.0. The number of aliphatic hydroxyl groups excluding tert-OH is 1. The Morgan fingerprint density at radius 1 is 1.21 bits per heavy atom. The first-order valence-electron chi connectivity index (χ1n) is 9.73. The first kappa shape index (κ1) is 18.9. The molecular formula is C22H19Cl2NO4. The molecule has 2 fully saturated rings. The summed E-state index contributed by atoms with van der Waals surface area (Å²) >= 11 is 12.1. The monoisotopic (exact) mass is 431 g/mol. The number of Topliss-reactive ketones (excluding diaryl/α,β-unsaturated/α-hetero) is 1. The summed E-state index contributed by atoms with van der Waals surface area (Å²) in [5.74, 6) is 0.336. The van der Waals surface area contributed by atoms with Crippen molar-refractivity contribution in [2.75, 3.05) is 0 Å². The van der Waals surface area contributed by atoms with Gasteiger partial charge in [-0.25, -0.2) is 4.98 Å². The van der Waals surface area contributed by atoms with Gasteiger partial charge in [-0.3, -0.25) is 4.79 Å². The average Bonchev–Trinajstić information content (AvgIpc) is 3.38. The molecule has 1 aromatic carbocycles. The largest absolute Gasteiger partial charge is 0.511 e. The number of aliphatic hydroxyl groups is 1. The Kier molecular flexibility index (Phi) is 4.57. The fraction of sp³-hybridized carbons (Fsp3) is 0.364. The maximum absolute atomic E-state index is 13.2. The number of ether oxygens (including phenoxy) is 2. The van der Waals surface area contributed by atoms with Crippen molar-refractivity contribution in [3.05, 3.63) is 57.4 Å². The third-order valence-electron chi connectivity index (χ3n) is 6.11. The van der Waals surface area contributed by atoms with Crippen molar-refractivity contribution in [3.8, 4) is 11.6 Å². The van der Waals surface area contributed by atoms with Gasteiger partial charge in [0, 0.05) is 6.20 Å². The van der Waals surface area contributed by atoms with Crippen molar-refractivity contribution in [1.29, 1.82) is 0 Å². The number of aromatic nitrogens is 1. The molecule has 7 heteroatoms. The van der Waals surface area contributed by atoms with E-state index >= 15 is 0 Å². The van der Waals surface area contributed by atoms with Crippen LogP contribution >= 0.6 is 23.2 Å². The lowest BCUT2D eigenvalue weighted by molar-refractivity contribution is -0.118. The third kappa shape index (κ3) is 2.95. The van der Waals surface area contributed by atoms with E-state index in [0.29, 0.717) is 26.9 Å². The molecule has 0 unspecified atom stereocenters. The SMILES string of the molecule is CCc1ccc(Oc2ncc(Cl)cc2Cl)cc1C1=C(O)[C@@H]2[C@H](C1=O)[C@H]1CC[C@@H]2O1. The first-order valence-corrected chi connectivity index (χ1v) is 10.5. The van der Waals surface area contributed by atoms with Gasteiger partial charge in [-0.1, -0.05) is 36.2 Å². The molecule has 29 heavy (non-hydrogen) atoms. The fourth-order valence-electron chi connectivity index (χ4n) is 4.84. The Bertz CT molecular complexity index is 1050. The Hall–Kier alpha value is -2.08.